The molecule has 1 unspecified atom stereocenters. The molecular formula is C26H35F2NO7. The van der Waals surface area contributed by atoms with Crippen molar-refractivity contribution in [3.63, 3.8) is 0 Å². The van der Waals surface area contributed by atoms with Crippen molar-refractivity contribution in [2.24, 2.45) is 0 Å². The molecule has 1 aliphatic heterocycles. The Morgan fingerprint density at radius 3 is 2.44 bits per heavy atom. The number of cyclic esters (lactones) is 1. The number of carbonyl (C=O) groups is 2. The van der Waals surface area contributed by atoms with Gasteiger partial charge in [-0.1, -0.05) is 32.9 Å². The number of carbonyl (C=O) groups excluding carboxylic acids is 2. The van der Waals surface area contributed by atoms with Gasteiger partial charge in [0.15, 0.2) is 11.9 Å². The minimum absolute atomic E-state index is 0.0360. The molecule has 36 heavy (non-hydrogen) atoms. The predicted molar refractivity (Wildman–Crippen MR) is 132 cm³/mol. The second-order valence-electron chi connectivity index (χ2n) is 7.91. The molecule has 2 atom stereocenters. The number of aliphatic hydroxyl groups excluding tert-OH is 2. The molecule has 2 N–H and O–H groups in total. The number of allylic oxidation sites excluding steroid dienone is 3. The van der Waals surface area contributed by atoms with Crippen molar-refractivity contribution in [3.8, 4) is 0 Å². The van der Waals surface area contributed by atoms with Crippen LogP contribution in [0.2, 0.25) is 0 Å². The van der Waals surface area contributed by atoms with E-state index in [1.165, 1.54) is 43.4 Å². The van der Waals surface area contributed by atoms with E-state index in [2.05, 4.69) is 6.58 Å². The third-order valence-corrected chi connectivity index (χ3v) is 4.99. The number of aliphatic hydroxyl groups is 2. The first kappa shape index (κ1) is 30.8. The lowest BCUT2D eigenvalue weighted by Crippen LogP contribution is -2.26. The Morgan fingerprint density at radius 1 is 1.33 bits per heavy atom. The van der Waals surface area contributed by atoms with Gasteiger partial charge in [0.05, 0.1) is 32.2 Å². The second kappa shape index (κ2) is 15.7. The molecule has 200 valence electrons. The fourth-order valence-electron chi connectivity index (χ4n) is 3.21. The lowest BCUT2D eigenvalue weighted by Gasteiger charge is -2.16. The molecule has 0 aromatic heterocycles. The number of nitrogens with zero attached hydrogens (tertiary/aromatic N) is 1. The van der Waals surface area contributed by atoms with Gasteiger partial charge >= 0.3 is 6.09 Å². The van der Waals surface area contributed by atoms with E-state index >= 15 is 0 Å². The van der Waals surface area contributed by atoms with Gasteiger partial charge in [0.1, 0.15) is 30.1 Å². The number of Topliss-reactive ketones (excluding diaryl/α,β-unsaturated/α-hetero) is 1. The van der Waals surface area contributed by atoms with Gasteiger partial charge in [0.25, 0.3) is 0 Å². The highest BCUT2D eigenvalue weighted by Crippen LogP contribution is 2.31. The van der Waals surface area contributed by atoms with Crippen molar-refractivity contribution in [2.45, 2.75) is 52.2 Å². The number of methoxy groups -OCH3 is 1. The zero-order chi connectivity index (χ0) is 27.3. The molecule has 2 rings (SSSR count). The first-order valence-electron chi connectivity index (χ1n) is 11.6. The van der Waals surface area contributed by atoms with Gasteiger partial charge in [-0.3, -0.25) is 9.69 Å². The number of halogens is 2. The number of anilines is 1. The molecule has 1 aliphatic rings. The molecule has 1 fully saturated rings. The number of hydrogen-bond donors (Lipinski definition) is 2. The van der Waals surface area contributed by atoms with Crippen molar-refractivity contribution >= 4 is 23.1 Å². The standard InChI is InChI=1S/C22H27F2NO4.C4H8O3/c1-5-7-16(8-6-2)21-19(23)11-17(12-20(21)24)25-13-18(29-22(25)26)14-28-15(3)9-10-27-4;1-3(6)4(7)2-5/h7,9-12,18H,3,5-6,8,13-14H2,1-2,4H3;4-5,7H,2H2,1H3/b10-9-,16-7+;/t;4-/m.0/s1. The number of amides is 1. The molecule has 1 aromatic rings. The van der Waals surface area contributed by atoms with E-state index in [1.54, 1.807) is 0 Å². The van der Waals surface area contributed by atoms with Crippen molar-refractivity contribution in [2.75, 3.05) is 31.8 Å². The van der Waals surface area contributed by atoms with E-state index in [1.807, 2.05) is 19.9 Å². The van der Waals surface area contributed by atoms with Crippen molar-refractivity contribution in [1.82, 2.24) is 0 Å². The maximum absolute atomic E-state index is 14.7. The van der Waals surface area contributed by atoms with Crippen LogP contribution in [-0.2, 0) is 19.0 Å². The topological polar surface area (TPSA) is 106 Å². The highest BCUT2D eigenvalue weighted by molar-refractivity contribution is 5.90. The van der Waals surface area contributed by atoms with Gasteiger partial charge in [-0.2, -0.15) is 0 Å². The number of benzene rings is 1. The first-order valence-corrected chi connectivity index (χ1v) is 11.6. The summed E-state index contributed by atoms with van der Waals surface area (Å²) in [6.45, 7) is 8.48. The first-order chi connectivity index (χ1) is 17.1. The van der Waals surface area contributed by atoms with Gasteiger partial charge in [-0.05, 0) is 37.5 Å². The van der Waals surface area contributed by atoms with E-state index in [0.29, 0.717) is 24.2 Å². The van der Waals surface area contributed by atoms with Gasteiger partial charge in [0, 0.05) is 11.6 Å². The zero-order valence-corrected chi connectivity index (χ0v) is 21.1. The van der Waals surface area contributed by atoms with Crippen molar-refractivity contribution in [3.05, 3.63) is 60.1 Å². The molecule has 0 saturated carbocycles. The van der Waals surface area contributed by atoms with Crippen LogP contribution in [0.1, 0.15) is 45.6 Å². The van der Waals surface area contributed by atoms with Gasteiger partial charge in [0.2, 0.25) is 0 Å². The summed E-state index contributed by atoms with van der Waals surface area (Å²) in [6.07, 6.45) is 4.34. The molecule has 10 heteroatoms. The quantitative estimate of drug-likeness (QED) is 0.314. The molecule has 1 saturated heterocycles. The Kier molecular flexibility index (Phi) is 13.4. The maximum atomic E-state index is 14.7. The lowest BCUT2D eigenvalue weighted by molar-refractivity contribution is -0.126. The van der Waals surface area contributed by atoms with Crippen LogP contribution in [0.15, 0.2) is 42.9 Å². The minimum Gasteiger partial charge on any atom is -0.504 e. The second-order valence-corrected chi connectivity index (χ2v) is 7.91. The molecule has 0 spiro atoms. The highest BCUT2D eigenvalue weighted by Gasteiger charge is 2.34. The van der Waals surface area contributed by atoms with Crippen LogP contribution in [0.4, 0.5) is 19.3 Å². The summed E-state index contributed by atoms with van der Waals surface area (Å²) in [4.78, 5) is 23.3. The Bertz CT molecular complexity index is 939. The van der Waals surface area contributed by atoms with Crippen LogP contribution in [0.3, 0.4) is 0 Å². The molecule has 1 aromatic carbocycles. The van der Waals surface area contributed by atoms with E-state index in [9.17, 15) is 18.4 Å². The Morgan fingerprint density at radius 2 is 1.97 bits per heavy atom. The summed E-state index contributed by atoms with van der Waals surface area (Å²) in [5, 5.41) is 16.4. The van der Waals surface area contributed by atoms with E-state index < -0.39 is 42.3 Å². The van der Waals surface area contributed by atoms with Crippen molar-refractivity contribution < 1.29 is 42.8 Å². The van der Waals surface area contributed by atoms with E-state index in [0.717, 1.165) is 6.42 Å². The molecule has 1 heterocycles. The lowest BCUT2D eigenvalue weighted by atomic mass is 9.98. The van der Waals surface area contributed by atoms with Gasteiger partial charge in [-0.25, -0.2) is 13.6 Å². The molecule has 0 bridgehead atoms. The summed E-state index contributed by atoms with van der Waals surface area (Å²) in [5.74, 6) is -1.45. The monoisotopic (exact) mass is 511 g/mol. The summed E-state index contributed by atoms with van der Waals surface area (Å²) in [7, 11) is 1.49. The van der Waals surface area contributed by atoms with Crippen LogP contribution < -0.4 is 4.90 Å². The average molecular weight is 512 g/mol. The average Bonchev–Trinajstić information content (AvgIpc) is 3.21. The largest absolute Gasteiger partial charge is 0.504 e. The maximum Gasteiger partial charge on any atom is 0.414 e. The highest BCUT2D eigenvalue weighted by atomic mass is 19.1. The van der Waals surface area contributed by atoms with Gasteiger partial charge < -0.3 is 24.4 Å². The number of ketones is 1. The molecule has 0 radical (unpaired) electrons. The normalized spacial score (nSPS) is 16.3. The third kappa shape index (κ3) is 9.43. The molecule has 1 amide bonds. The van der Waals surface area contributed by atoms with Gasteiger partial charge in [-0.15, -0.1) is 0 Å². The minimum atomic E-state index is -1.18. The smallest absolute Gasteiger partial charge is 0.414 e. The summed E-state index contributed by atoms with van der Waals surface area (Å²) in [6, 6.07) is 2.34. The molecule has 8 nitrogen and oxygen atoms in total. The summed E-state index contributed by atoms with van der Waals surface area (Å²) < 4.78 is 44.9. The van der Waals surface area contributed by atoms with E-state index in [4.69, 9.17) is 24.4 Å². The van der Waals surface area contributed by atoms with Crippen LogP contribution in [0.25, 0.3) is 5.57 Å². The van der Waals surface area contributed by atoms with Crippen LogP contribution in [0.5, 0.6) is 0 Å². The van der Waals surface area contributed by atoms with Crippen molar-refractivity contribution in [1.29, 1.82) is 0 Å². The number of rotatable bonds is 12. The fourth-order valence-corrected chi connectivity index (χ4v) is 3.21. The fraction of sp³-hybridized carbons (Fsp3) is 0.462. The number of ether oxygens (including phenoxy) is 3. The Labute approximate surface area is 210 Å². The van der Waals surface area contributed by atoms with Crippen LogP contribution >= 0.6 is 0 Å². The summed E-state index contributed by atoms with van der Waals surface area (Å²) >= 11 is 0. The summed E-state index contributed by atoms with van der Waals surface area (Å²) in [5.41, 5.74) is 0.710. The van der Waals surface area contributed by atoms with Crippen LogP contribution in [0, 0.1) is 11.6 Å². The Balaban J connectivity index is 0.000000809. The third-order valence-electron chi connectivity index (χ3n) is 4.99. The predicted octanol–water partition coefficient (Wildman–Crippen LogP) is 4.50. The SMILES string of the molecule is C=C(/C=C\OC)OCC1CN(c2cc(F)c(/C(=C/CC)CCC)c(F)c2)C(=O)O1.CC(=O)[C@@H](O)CO. The molecular weight excluding hydrogens is 476 g/mol. The molecule has 0 aliphatic carbocycles. The van der Waals surface area contributed by atoms with E-state index in [-0.39, 0.29) is 24.4 Å². The Hall–Kier alpha value is -3.24. The zero-order valence-electron chi connectivity index (χ0n) is 21.1. The van der Waals surface area contributed by atoms with Crippen LogP contribution in [-0.4, -0.2) is 61.2 Å². The number of hydrogen-bond acceptors (Lipinski definition) is 7.